The van der Waals surface area contributed by atoms with Crippen molar-refractivity contribution in [2.24, 2.45) is 0 Å². The SMILES string of the molecule is O=C(NCCc1nc2ccccc2c(=O)[nH]1)c1ccc(-c2ccco2)cc1. The van der Waals surface area contributed by atoms with Crippen LogP contribution in [0.3, 0.4) is 0 Å². The molecule has 0 saturated heterocycles. The highest BCUT2D eigenvalue weighted by Gasteiger charge is 2.08. The van der Waals surface area contributed by atoms with Crippen LogP contribution in [-0.4, -0.2) is 22.4 Å². The van der Waals surface area contributed by atoms with Gasteiger partial charge in [0.25, 0.3) is 11.5 Å². The quantitative estimate of drug-likeness (QED) is 0.573. The van der Waals surface area contributed by atoms with Crippen molar-refractivity contribution in [1.82, 2.24) is 15.3 Å². The number of H-pyrrole nitrogens is 1. The van der Waals surface area contributed by atoms with Gasteiger partial charge in [-0.25, -0.2) is 4.98 Å². The molecule has 0 aliphatic carbocycles. The van der Waals surface area contributed by atoms with Crippen LogP contribution in [0.25, 0.3) is 22.2 Å². The first-order valence-corrected chi connectivity index (χ1v) is 8.61. The summed E-state index contributed by atoms with van der Waals surface area (Å²) in [6.07, 6.45) is 2.05. The molecule has 2 aromatic heterocycles. The zero-order valence-electron chi connectivity index (χ0n) is 14.4. The number of nitrogens with zero attached hydrogens (tertiary/aromatic N) is 1. The van der Waals surface area contributed by atoms with Crippen LogP contribution in [0.1, 0.15) is 16.2 Å². The number of para-hydroxylation sites is 1. The molecule has 0 unspecified atom stereocenters. The lowest BCUT2D eigenvalue weighted by Crippen LogP contribution is -2.26. The lowest BCUT2D eigenvalue weighted by atomic mass is 10.1. The molecule has 27 heavy (non-hydrogen) atoms. The number of hydrogen-bond acceptors (Lipinski definition) is 4. The summed E-state index contributed by atoms with van der Waals surface area (Å²) >= 11 is 0. The zero-order chi connectivity index (χ0) is 18.6. The van der Waals surface area contributed by atoms with E-state index in [2.05, 4.69) is 15.3 Å². The molecule has 1 amide bonds. The summed E-state index contributed by atoms with van der Waals surface area (Å²) in [4.78, 5) is 31.5. The fraction of sp³-hybridized carbons (Fsp3) is 0.0952. The van der Waals surface area contributed by atoms with Crippen LogP contribution in [0.5, 0.6) is 0 Å². The number of aromatic nitrogens is 2. The predicted molar refractivity (Wildman–Crippen MR) is 103 cm³/mol. The Bertz CT molecular complexity index is 1130. The number of nitrogens with one attached hydrogen (secondary N) is 2. The molecule has 0 saturated carbocycles. The van der Waals surface area contributed by atoms with E-state index >= 15 is 0 Å². The van der Waals surface area contributed by atoms with E-state index in [0.717, 1.165) is 11.3 Å². The van der Waals surface area contributed by atoms with Crippen molar-refractivity contribution in [2.75, 3.05) is 6.54 Å². The molecule has 0 fully saturated rings. The smallest absolute Gasteiger partial charge is 0.258 e. The summed E-state index contributed by atoms with van der Waals surface area (Å²) in [5.74, 6) is 1.13. The van der Waals surface area contributed by atoms with Gasteiger partial charge < -0.3 is 14.7 Å². The number of furan rings is 1. The number of fused-ring (bicyclic) bond motifs is 1. The third kappa shape index (κ3) is 3.64. The molecule has 2 heterocycles. The van der Waals surface area contributed by atoms with Crippen LogP contribution in [0.4, 0.5) is 0 Å². The maximum Gasteiger partial charge on any atom is 0.258 e. The Morgan fingerprint density at radius 2 is 1.85 bits per heavy atom. The van der Waals surface area contributed by atoms with Crippen molar-refractivity contribution in [3.05, 3.63) is 88.7 Å². The first-order chi connectivity index (χ1) is 13.2. The molecule has 0 bridgehead atoms. The van der Waals surface area contributed by atoms with Crippen LogP contribution < -0.4 is 10.9 Å². The van der Waals surface area contributed by atoms with E-state index in [-0.39, 0.29) is 11.5 Å². The fourth-order valence-corrected chi connectivity index (χ4v) is 2.88. The molecule has 6 nitrogen and oxygen atoms in total. The van der Waals surface area contributed by atoms with Gasteiger partial charge in [0.15, 0.2) is 0 Å². The molecule has 0 spiro atoms. The summed E-state index contributed by atoms with van der Waals surface area (Å²) in [5.41, 5.74) is 1.95. The number of carbonyl (C=O) groups is 1. The molecule has 0 radical (unpaired) electrons. The van der Waals surface area contributed by atoms with Gasteiger partial charge in [-0.05, 0) is 36.4 Å². The van der Waals surface area contributed by atoms with Gasteiger partial charge in [0.2, 0.25) is 0 Å². The van der Waals surface area contributed by atoms with Crippen molar-refractivity contribution in [2.45, 2.75) is 6.42 Å². The molecule has 2 aromatic carbocycles. The Morgan fingerprint density at radius 3 is 2.63 bits per heavy atom. The maximum absolute atomic E-state index is 12.3. The highest BCUT2D eigenvalue weighted by Crippen LogP contribution is 2.19. The molecule has 4 aromatic rings. The lowest BCUT2D eigenvalue weighted by molar-refractivity contribution is 0.0954. The molecule has 134 valence electrons. The molecule has 0 atom stereocenters. The van der Waals surface area contributed by atoms with E-state index in [9.17, 15) is 9.59 Å². The van der Waals surface area contributed by atoms with E-state index in [1.54, 1.807) is 36.6 Å². The van der Waals surface area contributed by atoms with E-state index in [4.69, 9.17) is 4.42 Å². The van der Waals surface area contributed by atoms with E-state index in [0.29, 0.717) is 35.3 Å². The number of rotatable bonds is 5. The monoisotopic (exact) mass is 359 g/mol. The highest BCUT2D eigenvalue weighted by molar-refractivity contribution is 5.94. The minimum Gasteiger partial charge on any atom is -0.464 e. The van der Waals surface area contributed by atoms with Crippen molar-refractivity contribution in [1.29, 1.82) is 0 Å². The second-order valence-corrected chi connectivity index (χ2v) is 6.09. The van der Waals surface area contributed by atoms with Gasteiger partial charge in [-0.2, -0.15) is 0 Å². The van der Waals surface area contributed by atoms with Crippen LogP contribution in [-0.2, 0) is 6.42 Å². The third-order valence-electron chi connectivity index (χ3n) is 4.26. The number of hydrogen-bond donors (Lipinski definition) is 2. The van der Waals surface area contributed by atoms with Gasteiger partial charge in [0, 0.05) is 24.1 Å². The number of carbonyl (C=O) groups excluding carboxylic acids is 1. The Morgan fingerprint density at radius 1 is 1.04 bits per heavy atom. The highest BCUT2D eigenvalue weighted by atomic mass is 16.3. The number of benzene rings is 2. The summed E-state index contributed by atoms with van der Waals surface area (Å²) in [7, 11) is 0. The number of aromatic amines is 1. The predicted octanol–water partition coefficient (Wildman–Crippen LogP) is 3.16. The molecule has 2 N–H and O–H groups in total. The summed E-state index contributed by atoms with van der Waals surface area (Å²) in [5, 5.41) is 3.40. The standard InChI is InChI=1S/C21H17N3O3/c25-20(15-9-7-14(8-10-15)18-6-3-13-27-18)22-12-11-19-23-17-5-2-1-4-16(17)21(26)24-19/h1-10,13H,11-12H2,(H,22,25)(H,23,24,26). The van der Waals surface area contributed by atoms with Crippen molar-refractivity contribution in [3.8, 4) is 11.3 Å². The first kappa shape index (κ1) is 16.8. The van der Waals surface area contributed by atoms with Gasteiger partial charge in [0.05, 0.1) is 17.2 Å². The van der Waals surface area contributed by atoms with Crippen LogP contribution in [0.15, 0.2) is 76.1 Å². The first-order valence-electron chi connectivity index (χ1n) is 8.61. The van der Waals surface area contributed by atoms with E-state index < -0.39 is 0 Å². The Balaban J connectivity index is 1.39. The van der Waals surface area contributed by atoms with Crippen LogP contribution >= 0.6 is 0 Å². The summed E-state index contributed by atoms with van der Waals surface area (Å²) < 4.78 is 5.34. The molecular formula is C21H17N3O3. The molecule has 0 aliphatic heterocycles. The maximum atomic E-state index is 12.3. The van der Waals surface area contributed by atoms with Gasteiger partial charge in [-0.1, -0.05) is 24.3 Å². The van der Waals surface area contributed by atoms with Crippen molar-refractivity contribution < 1.29 is 9.21 Å². The summed E-state index contributed by atoms with van der Waals surface area (Å²) in [6, 6.07) is 18.1. The fourth-order valence-electron chi connectivity index (χ4n) is 2.88. The molecule has 6 heteroatoms. The molecule has 4 rings (SSSR count). The minimum atomic E-state index is -0.177. The molecule has 0 aliphatic rings. The average Bonchev–Trinajstić information content (AvgIpc) is 3.23. The Hall–Kier alpha value is -3.67. The second kappa shape index (κ2) is 7.29. The van der Waals surface area contributed by atoms with Gasteiger partial charge in [-0.3, -0.25) is 9.59 Å². The number of amides is 1. The van der Waals surface area contributed by atoms with Gasteiger partial charge in [-0.15, -0.1) is 0 Å². The lowest BCUT2D eigenvalue weighted by Gasteiger charge is -2.06. The zero-order valence-corrected chi connectivity index (χ0v) is 14.4. The van der Waals surface area contributed by atoms with Crippen LogP contribution in [0.2, 0.25) is 0 Å². The Labute approximate surface area is 154 Å². The van der Waals surface area contributed by atoms with Crippen LogP contribution in [0, 0.1) is 0 Å². The Kier molecular flexibility index (Phi) is 4.53. The van der Waals surface area contributed by atoms with E-state index in [1.165, 1.54) is 0 Å². The largest absolute Gasteiger partial charge is 0.464 e. The van der Waals surface area contributed by atoms with Crippen molar-refractivity contribution >= 4 is 16.8 Å². The normalized spacial score (nSPS) is 10.8. The molecular weight excluding hydrogens is 342 g/mol. The van der Waals surface area contributed by atoms with Gasteiger partial charge >= 0.3 is 0 Å². The minimum absolute atomic E-state index is 0.171. The topological polar surface area (TPSA) is 88.0 Å². The third-order valence-corrected chi connectivity index (χ3v) is 4.26. The summed E-state index contributed by atoms with van der Waals surface area (Å²) in [6.45, 7) is 0.375. The van der Waals surface area contributed by atoms with E-state index in [1.807, 2.05) is 30.3 Å². The van der Waals surface area contributed by atoms with Gasteiger partial charge in [0.1, 0.15) is 11.6 Å². The van der Waals surface area contributed by atoms with Crippen molar-refractivity contribution in [3.63, 3.8) is 0 Å². The second-order valence-electron chi connectivity index (χ2n) is 6.09. The average molecular weight is 359 g/mol.